The Morgan fingerprint density at radius 2 is 1.64 bits per heavy atom. The van der Waals surface area contributed by atoms with Crippen LogP contribution in [0.25, 0.3) is 0 Å². The Bertz CT molecular complexity index is 90.9. The van der Waals surface area contributed by atoms with E-state index < -0.39 is 0 Å². The van der Waals surface area contributed by atoms with Crippen molar-refractivity contribution in [2.75, 3.05) is 0 Å². The van der Waals surface area contributed by atoms with Crippen molar-refractivity contribution in [3.63, 3.8) is 0 Å². The molecular formula is C10H23B. The van der Waals surface area contributed by atoms with Gasteiger partial charge in [-0.25, -0.2) is 0 Å². The van der Waals surface area contributed by atoms with Crippen LogP contribution in [0.15, 0.2) is 0 Å². The summed E-state index contributed by atoms with van der Waals surface area (Å²) in [5, 5.41) is 0. The van der Waals surface area contributed by atoms with Crippen LogP contribution in [-0.4, -0.2) is 7.85 Å². The third-order valence-electron chi connectivity index (χ3n) is 3.09. The number of rotatable bonds is 5. The van der Waals surface area contributed by atoms with Gasteiger partial charge in [0.2, 0.25) is 0 Å². The zero-order valence-corrected chi connectivity index (χ0v) is 8.85. The second-order valence-corrected chi connectivity index (χ2v) is 4.11. The molecule has 0 bridgehead atoms. The van der Waals surface area contributed by atoms with E-state index in [9.17, 15) is 0 Å². The van der Waals surface area contributed by atoms with Gasteiger partial charge in [0.05, 0.1) is 0 Å². The van der Waals surface area contributed by atoms with Gasteiger partial charge < -0.3 is 0 Å². The van der Waals surface area contributed by atoms with Gasteiger partial charge in [0.1, 0.15) is 7.85 Å². The molecule has 3 atom stereocenters. The van der Waals surface area contributed by atoms with E-state index in [2.05, 4.69) is 35.5 Å². The molecule has 0 heterocycles. The standard InChI is InChI=1S/C10H23B/c1-5-8(2)6-9(3)10(4)7-11/h8-10H,5-7,11H2,1-4H3/t8?,9?,10-/m1/s1. The van der Waals surface area contributed by atoms with Crippen LogP contribution in [-0.2, 0) is 0 Å². The normalized spacial score (nSPS) is 19.3. The molecule has 0 aromatic carbocycles. The summed E-state index contributed by atoms with van der Waals surface area (Å²) in [6, 6.07) is 0. The average Bonchev–Trinajstić information content (AvgIpc) is 2.02. The van der Waals surface area contributed by atoms with Crippen LogP contribution in [0.3, 0.4) is 0 Å². The van der Waals surface area contributed by atoms with Crippen LogP contribution < -0.4 is 0 Å². The number of hydrogen-bond acceptors (Lipinski definition) is 0. The van der Waals surface area contributed by atoms with Crippen LogP contribution in [0.1, 0.15) is 40.5 Å². The van der Waals surface area contributed by atoms with Crippen molar-refractivity contribution in [3.8, 4) is 0 Å². The molecule has 0 aliphatic carbocycles. The molecule has 66 valence electrons. The van der Waals surface area contributed by atoms with Crippen molar-refractivity contribution in [3.05, 3.63) is 0 Å². The summed E-state index contributed by atoms with van der Waals surface area (Å²) in [6.07, 6.45) is 4.07. The van der Waals surface area contributed by atoms with Crippen LogP contribution in [0.4, 0.5) is 0 Å². The third-order valence-corrected chi connectivity index (χ3v) is 3.09. The highest BCUT2D eigenvalue weighted by atomic mass is 14.2. The van der Waals surface area contributed by atoms with Crippen molar-refractivity contribution >= 4 is 7.85 Å². The third kappa shape index (κ3) is 4.50. The molecule has 0 aliphatic heterocycles. The minimum atomic E-state index is 0.906. The maximum absolute atomic E-state index is 2.39. The Kier molecular flexibility index (Phi) is 5.72. The minimum absolute atomic E-state index is 0.906. The van der Waals surface area contributed by atoms with Gasteiger partial charge in [0.15, 0.2) is 0 Å². The molecule has 0 fully saturated rings. The fourth-order valence-corrected chi connectivity index (χ4v) is 1.44. The van der Waals surface area contributed by atoms with Gasteiger partial charge in [0.25, 0.3) is 0 Å². The summed E-state index contributed by atoms with van der Waals surface area (Å²) in [5.41, 5.74) is 0. The summed E-state index contributed by atoms with van der Waals surface area (Å²) < 4.78 is 0. The first kappa shape index (κ1) is 11.1. The van der Waals surface area contributed by atoms with Gasteiger partial charge in [-0.15, -0.1) is 0 Å². The Labute approximate surface area is 73.2 Å². The monoisotopic (exact) mass is 154 g/mol. The van der Waals surface area contributed by atoms with Crippen molar-refractivity contribution in [2.45, 2.75) is 46.9 Å². The van der Waals surface area contributed by atoms with E-state index in [1.54, 1.807) is 0 Å². The fourth-order valence-electron chi connectivity index (χ4n) is 1.44. The second-order valence-electron chi connectivity index (χ2n) is 4.11. The lowest BCUT2D eigenvalue weighted by molar-refractivity contribution is 0.327. The summed E-state index contributed by atoms with van der Waals surface area (Å²) in [5.74, 6) is 2.73. The largest absolute Gasteiger partial charge is 0.101 e. The molecule has 0 aliphatic rings. The molecule has 0 aromatic rings. The Morgan fingerprint density at radius 1 is 1.09 bits per heavy atom. The Balaban J connectivity index is 3.58. The summed E-state index contributed by atoms with van der Waals surface area (Å²) in [6.45, 7) is 9.40. The van der Waals surface area contributed by atoms with E-state index in [1.165, 1.54) is 19.2 Å². The number of hydrogen-bond donors (Lipinski definition) is 0. The highest BCUT2D eigenvalue weighted by molar-refractivity contribution is 6.08. The smallest absolute Gasteiger partial charge is 0.0783 e. The molecule has 0 amide bonds. The van der Waals surface area contributed by atoms with Crippen molar-refractivity contribution in [2.24, 2.45) is 17.8 Å². The molecule has 0 aromatic heterocycles. The van der Waals surface area contributed by atoms with Gasteiger partial charge in [-0.3, -0.25) is 0 Å². The van der Waals surface area contributed by atoms with E-state index in [0.717, 1.165) is 17.8 Å². The molecule has 0 saturated heterocycles. The van der Waals surface area contributed by atoms with Crippen LogP contribution in [0.2, 0.25) is 6.32 Å². The lowest BCUT2D eigenvalue weighted by atomic mass is 9.79. The molecule has 0 nitrogen and oxygen atoms in total. The van der Waals surface area contributed by atoms with E-state index in [4.69, 9.17) is 0 Å². The van der Waals surface area contributed by atoms with E-state index in [1.807, 2.05) is 0 Å². The average molecular weight is 154 g/mol. The Morgan fingerprint density at radius 3 is 2.00 bits per heavy atom. The highest BCUT2D eigenvalue weighted by Crippen LogP contribution is 2.23. The zero-order valence-electron chi connectivity index (χ0n) is 8.85. The molecule has 0 saturated carbocycles. The summed E-state index contributed by atoms with van der Waals surface area (Å²) in [4.78, 5) is 0. The van der Waals surface area contributed by atoms with Gasteiger partial charge >= 0.3 is 0 Å². The fraction of sp³-hybridized carbons (Fsp3) is 1.00. The van der Waals surface area contributed by atoms with Crippen LogP contribution in [0, 0.1) is 17.8 Å². The van der Waals surface area contributed by atoms with E-state index in [0.29, 0.717) is 0 Å². The zero-order chi connectivity index (χ0) is 8.85. The lowest BCUT2D eigenvalue weighted by Gasteiger charge is -2.21. The first-order chi connectivity index (χ1) is 5.11. The van der Waals surface area contributed by atoms with Gasteiger partial charge in [-0.2, -0.15) is 0 Å². The minimum Gasteiger partial charge on any atom is -0.0783 e. The predicted octanol–water partition coefficient (Wildman–Crippen LogP) is 2.75. The predicted molar refractivity (Wildman–Crippen MR) is 55.8 cm³/mol. The quantitative estimate of drug-likeness (QED) is 0.534. The molecule has 0 rings (SSSR count). The molecule has 1 heteroatoms. The molecular weight excluding hydrogens is 131 g/mol. The van der Waals surface area contributed by atoms with Gasteiger partial charge in [-0.1, -0.05) is 40.4 Å². The Hall–Kier alpha value is 0.0649. The van der Waals surface area contributed by atoms with Crippen LogP contribution >= 0.6 is 0 Å². The van der Waals surface area contributed by atoms with E-state index in [-0.39, 0.29) is 0 Å². The van der Waals surface area contributed by atoms with E-state index >= 15 is 0 Å². The topological polar surface area (TPSA) is 0 Å². The summed E-state index contributed by atoms with van der Waals surface area (Å²) in [7, 11) is 2.29. The van der Waals surface area contributed by atoms with Gasteiger partial charge in [0, 0.05) is 0 Å². The van der Waals surface area contributed by atoms with Crippen molar-refractivity contribution < 1.29 is 0 Å². The maximum atomic E-state index is 2.39. The SMILES string of the molecule is BC[C@@H](C)C(C)CC(C)CC. The lowest BCUT2D eigenvalue weighted by Crippen LogP contribution is -2.10. The van der Waals surface area contributed by atoms with Crippen LogP contribution in [0.5, 0.6) is 0 Å². The first-order valence-corrected chi connectivity index (χ1v) is 5.11. The van der Waals surface area contributed by atoms with Crippen molar-refractivity contribution in [1.29, 1.82) is 0 Å². The molecule has 2 unspecified atom stereocenters. The second kappa shape index (κ2) is 5.68. The van der Waals surface area contributed by atoms with Gasteiger partial charge in [-0.05, 0) is 24.2 Å². The molecule has 0 spiro atoms. The summed E-state index contributed by atoms with van der Waals surface area (Å²) >= 11 is 0. The van der Waals surface area contributed by atoms with Crippen molar-refractivity contribution in [1.82, 2.24) is 0 Å². The molecule has 0 N–H and O–H groups in total. The first-order valence-electron chi connectivity index (χ1n) is 5.11. The molecule has 11 heavy (non-hydrogen) atoms. The molecule has 0 radical (unpaired) electrons. The highest BCUT2D eigenvalue weighted by Gasteiger charge is 2.12. The maximum Gasteiger partial charge on any atom is 0.101 e.